The summed E-state index contributed by atoms with van der Waals surface area (Å²) in [5.74, 6) is -3.12. The minimum absolute atomic E-state index is 0.0647. The van der Waals surface area contributed by atoms with Crippen molar-refractivity contribution in [2.24, 2.45) is 15.3 Å². The van der Waals surface area contributed by atoms with Crippen molar-refractivity contribution in [2.75, 3.05) is 9.73 Å². The highest BCUT2D eigenvalue weighted by Crippen LogP contribution is 2.28. The zero-order valence-electron chi connectivity index (χ0n) is 19.1. The summed E-state index contributed by atoms with van der Waals surface area (Å²) in [4.78, 5) is 35.6. The van der Waals surface area contributed by atoms with Gasteiger partial charge in [-0.2, -0.15) is 20.3 Å². The topological polar surface area (TPSA) is 178 Å². The second-order valence-electron chi connectivity index (χ2n) is 7.79. The third kappa shape index (κ3) is 5.21. The summed E-state index contributed by atoms with van der Waals surface area (Å²) in [5.41, 5.74) is 0.0297. The van der Waals surface area contributed by atoms with Crippen LogP contribution in [-0.4, -0.2) is 48.2 Å². The van der Waals surface area contributed by atoms with Crippen LogP contribution in [0, 0.1) is 0 Å². The van der Waals surface area contributed by atoms with E-state index in [1.54, 1.807) is 6.07 Å². The fourth-order valence-corrected chi connectivity index (χ4v) is 4.60. The molecule has 0 bridgehead atoms. The molecule has 3 N–H and O–H groups in total. The standard InChI is InChI=1S/C24H19N5O7S/c1-14-21(26-25-19-11-4-2-9-17(19)23(31)32)22(30)29(27-14)15-7-6-8-16(13-15)37(35,36)28-20-12-5-3-10-18(20)24(33)34/h2-13,21,28H,1H3,(H,31,32)(H,33,34). The highest BCUT2D eigenvalue weighted by molar-refractivity contribution is 7.92. The van der Waals surface area contributed by atoms with Crippen molar-refractivity contribution in [3.63, 3.8) is 0 Å². The Kier molecular flexibility index (Phi) is 6.80. The number of carboxylic acids is 2. The Morgan fingerprint density at radius 1 is 0.946 bits per heavy atom. The average Bonchev–Trinajstić information content (AvgIpc) is 3.15. The van der Waals surface area contributed by atoms with Gasteiger partial charge >= 0.3 is 11.9 Å². The Morgan fingerprint density at radius 2 is 1.59 bits per heavy atom. The van der Waals surface area contributed by atoms with E-state index >= 15 is 0 Å². The number of carbonyl (C=O) groups excluding carboxylic acids is 1. The quantitative estimate of drug-likeness (QED) is 0.378. The molecular weight excluding hydrogens is 502 g/mol. The summed E-state index contributed by atoms with van der Waals surface area (Å²) >= 11 is 0. The van der Waals surface area contributed by atoms with Gasteiger partial charge < -0.3 is 10.2 Å². The van der Waals surface area contributed by atoms with Gasteiger partial charge in [-0.05, 0) is 49.4 Å². The van der Waals surface area contributed by atoms with Crippen molar-refractivity contribution in [3.05, 3.63) is 83.9 Å². The molecule has 0 fully saturated rings. The number of nitrogens with one attached hydrogen (secondary N) is 1. The molecule has 37 heavy (non-hydrogen) atoms. The van der Waals surface area contributed by atoms with E-state index in [2.05, 4.69) is 20.1 Å². The number of amides is 1. The summed E-state index contributed by atoms with van der Waals surface area (Å²) in [6.45, 7) is 1.54. The molecule has 0 aliphatic carbocycles. The van der Waals surface area contributed by atoms with Crippen molar-refractivity contribution < 1.29 is 33.0 Å². The largest absolute Gasteiger partial charge is 0.478 e. The first-order chi connectivity index (χ1) is 17.6. The van der Waals surface area contributed by atoms with Crippen LogP contribution in [-0.2, 0) is 14.8 Å². The number of hydrazone groups is 1. The monoisotopic (exact) mass is 521 g/mol. The maximum absolute atomic E-state index is 13.0. The lowest BCUT2D eigenvalue weighted by Gasteiger charge is -2.15. The first-order valence-corrected chi connectivity index (χ1v) is 12.1. The van der Waals surface area contributed by atoms with Crippen molar-refractivity contribution in [3.8, 4) is 0 Å². The first kappa shape index (κ1) is 25.2. The molecule has 188 valence electrons. The summed E-state index contributed by atoms with van der Waals surface area (Å²) in [5, 5.41) is 31.7. The number of benzene rings is 3. The molecule has 13 heteroatoms. The molecule has 1 aliphatic heterocycles. The van der Waals surface area contributed by atoms with E-state index < -0.39 is 33.9 Å². The molecule has 3 aromatic rings. The molecule has 3 aromatic carbocycles. The Bertz CT molecular complexity index is 1580. The Labute approximate surface area is 210 Å². The molecule has 1 aliphatic rings. The molecule has 12 nitrogen and oxygen atoms in total. The van der Waals surface area contributed by atoms with Gasteiger partial charge in [-0.25, -0.2) is 18.0 Å². The summed E-state index contributed by atoms with van der Waals surface area (Å²) < 4.78 is 28.2. The molecule has 0 spiro atoms. The second kappa shape index (κ2) is 9.99. The maximum atomic E-state index is 13.0. The third-order valence-corrected chi connectivity index (χ3v) is 6.65. The summed E-state index contributed by atoms with van der Waals surface area (Å²) in [7, 11) is -4.22. The van der Waals surface area contributed by atoms with Gasteiger partial charge in [0.05, 0.1) is 38.8 Å². The van der Waals surface area contributed by atoms with Crippen LogP contribution in [0.1, 0.15) is 27.6 Å². The van der Waals surface area contributed by atoms with Gasteiger partial charge in [-0.1, -0.05) is 30.3 Å². The molecule has 0 radical (unpaired) electrons. The van der Waals surface area contributed by atoms with Gasteiger partial charge in [-0.3, -0.25) is 9.52 Å². The van der Waals surface area contributed by atoms with Crippen molar-refractivity contribution in [1.82, 2.24) is 0 Å². The van der Waals surface area contributed by atoms with Gasteiger partial charge in [0.2, 0.25) is 0 Å². The van der Waals surface area contributed by atoms with Crippen LogP contribution in [0.2, 0.25) is 0 Å². The van der Waals surface area contributed by atoms with Crippen molar-refractivity contribution in [2.45, 2.75) is 17.9 Å². The normalized spacial score (nSPS) is 15.6. The number of carboxylic acid groups (broad SMARTS) is 2. The van der Waals surface area contributed by atoms with E-state index in [1.165, 1.54) is 73.7 Å². The number of para-hydroxylation sites is 1. The van der Waals surface area contributed by atoms with E-state index in [4.69, 9.17) is 0 Å². The van der Waals surface area contributed by atoms with E-state index in [-0.39, 0.29) is 38.8 Å². The molecule has 1 heterocycles. The molecule has 0 aromatic heterocycles. The van der Waals surface area contributed by atoms with Crippen LogP contribution < -0.4 is 9.73 Å². The summed E-state index contributed by atoms with van der Waals surface area (Å²) in [6.07, 6.45) is 0. The van der Waals surface area contributed by atoms with Crippen LogP contribution in [0.3, 0.4) is 0 Å². The SMILES string of the molecule is CC1=NN(c2cccc(S(=O)(=O)Nc3ccccc3C(=O)O)c2)C(=O)C1N=Nc1ccccc1C(=O)O. The van der Waals surface area contributed by atoms with Gasteiger partial charge in [0.15, 0.2) is 6.04 Å². The number of anilines is 2. The second-order valence-corrected chi connectivity index (χ2v) is 9.47. The fraction of sp³-hybridized carbons (Fsp3) is 0.0833. The lowest BCUT2D eigenvalue weighted by atomic mass is 10.2. The fourth-order valence-electron chi connectivity index (χ4n) is 3.48. The van der Waals surface area contributed by atoms with Crippen LogP contribution in [0.15, 0.2) is 93.0 Å². The van der Waals surface area contributed by atoms with E-state index in [9.17, 15) is 33.0 Å². The van der Waals surface area contributed by atoms with Crippen molar-refractivity contribution in [1.29, 1.82) is 0 Å². The van der Waals surface area contributed by atoms with Gasteiger partial charge in [-0.15, -0.1) is 0 Å². The number of sulfonamides is 1. The van der Waals surface area contributed by atoms with Crippen LogP contribution in [0.4, 0.5) is 17.1 Å². The molecule has 4 rings (SSSR count). The van der Waals surface area contributed by atoms with Gasteiger partial charge in [0.25, 0.3) is 15.9 Å². The number of nitrogens with zero attached hydrogens (tertiary/aromatic N) is 4. The molecular formula is C24H19N5O7S. The maximum Gasteiger partial charge on any atom is 0.337 e. The molecule has 0 saturated heterocycles. The predicted molar refractivity (Wildman–Crippen MR) is 133 cm³/mol. The van der Waals surface area contributed by atoms with Crippen molar-refractivity contribution >= 4 is 50.6 Å². The highest BCUT2D eigenvalue weighted by Gasteiger charge is 2.35. The van der Waals surface area contributed by atoms with E-state index in [1.807, 2.05) is 0 Å². The lowest BCUT2D eigenvalue weighted by Crippen LogP contribution is -2.29. The smallest absolute Gasteiger partial charge is 0.337 e. The third-order valence-electron chi connectivity index (χ3n) is 5.29. The molecule has 0 saturated carbocycles. The number of azo groups is 1. The van der Waals surface area contributed by atoms with Gasteiger partial charge in [0.1, 0.15) is 0 Å². The van der Waals surface area contributed by atoms with Gasteiger partial charge in [0, 0.05) is 0 Å². The van der Waals surface area contributed by atoms with Crippen LogP contribution in [0.5, 0.6) is 0 Å². The van der Waals surface area contributed by atoms with E-state index in [0.29, 0.717) is 0 Å². The Balaban J connectivity index is 1.59. The minimum Gasteiger partial charge on any atom is -0.478 e. The minimum atomic E-state index is -4.22. The zero-order valence-corrected chi connectivity index (χ0v) is 20.0. The zero-order chi connectivity index (χ0) is 26.7. The predicted octanol–water partition coefficient (Wildman–Crippen LogP) is 3.76. The van der Waals surface area contributed by atoms with Crippen LogP contribution >= 0.6 is 0 Å². The molecule has 1 amide bonds. The van der Waals surface area contributed by atoms with E-state index in [0.717, 1.165) is 5.01 Å². The average molecular weight is 522 g/mol. The highest BCUT2D eigenvalue weighted by atomic mass is 32.2. The number of aromatic carboxylic acids is 2. The number of carbonyl (C=O) groups is 3. The van der Waals surface area contributed by atoms with Crippen LogP contribution in [0.25, 0.3) is 0 Å². The Hall–Kier alpha value is -4.91. The lowest BCUT2D eigenvalue weighted by molar-refractivity contribution is -0.117. The number of hydrogen-bond acceptors (Lipinski definition) is 8. The first-order valence-electron chi connectivity index (χ1n) is 10.7. The number of rotatable bonds is 8. The Morgan fingerprint density at radius 3 is 2.30 bits per heavy atom. The molecule has 1 unspecified atom stereocenters. The number of hydrogen-bond donors (Lipinski definition) is 3. The summed E-state index contributed by atoms with van der Waals surface area (Å²) in [6, 6.07) is 15.7. The molecule has 1 atom stereocenters.